The number of aromatic nitrogens is 2. The molecule has 2 N–H and O–H groups in total. The minimum Gasteiger partial charge on any atom is -0.342 e. The first-order valence-corrected chi connectivity index (χ1v) is 9.03. The minimum absolute atomic E-state index is 0.0479. The number of hydrogen-bond acceptors (Lipinski definition) is 3. The van der Waals surface area contributed by atoms with Crippen LogP contribution in [0.15, 0.2) is 53.7 Å². The Balaban J connectivity index is 1.46. The molecule has 0 saturated carbocycles. The summed E-state index contributed by atoms with van der Waals surface area (Å²) in [5.41, 5.74) is 6.18. The van der Waals surface area contributed by atoms with Crippen molar-refractivity contribution in [3.05, 3.63) is 65.5 Å². The highest BCUT2D eigenvalue weighted by Crippen LogP contribution is 2.35. The minimum atomic E-state index is -0.0762. The van der Waals surface area contributed by atoms with Crippen molar-refractivity contribution in [1.29, 1.82) is 0 Å². The maximum Gasteiger partial charge on any atom is 0.322 e. The Labute approximate surface area is 157 Å². The molecule has 3 heterocycles. The number of nitrogens with zero attached hydrogens (tertiary/aromatic N) is 3. The molecule has 0 bridgehead atoms. The zero-order valence-electron chi connectivity index (χ0n) is 14.9. The molecule has 2 aromatic carbocycles. The number of H-pyrrole nitrogens is 1. The van der Waals surface area contributed by atoms with E-state index >= 15 is 0 Å². The van der Waals surface area contributed by atoms with Crippen molar-refractivity contribution in [2.45, 2.75) is 19.4 Å². The summed E-state index contributed by atoms with van der Waals surface area (Å²) in [5.74, 6) is 0.855. The van der Waals surface area contributed by atoms with E-state index in [1.807, 2.05) is 48.5 Å². The molecule has 6 heteroatoms. The topological polar surface area (TPSA) is 73.4 Å². The highest BCUT2D eigenvalue weighted by atomic mass is 16.2. The van der Waals surface area contributed by atoms with Crippen LogP contribution in [0.2, 0.25) is 0 Å². The van der Waals surface area contributed by atoms with Gasteiger partial charge < -0.3 is 10.3 Å². The fourth-order valence-electron chi connectivity index (χ4n) is 3.73. The Kier molecular flexibility index (Phi) is 3.57. The molecule has 1 fully saturated rings. The van der Waals surface area contributed by atoms with E-state index in [-0.39, 0.29) is 12.1 Å². The Morgan fingerprint density at radius 3 is 2.78 bits per heavy atom. The maximum atomic E-state index is 12.5. The second-order valence-electron chi connectivity index (χ2n) is 6.94. The van der Waals surface area contributed by atoms with Crippen molar-refractivity contribution in [2.24, 2.45) is 4.99 Å². The first kappa shape index (κ1) is 15.8. The fourth-order valence-corrected chi connectivity index (χ4v) is 3.73. The van der Waals surface area contributed by atoms with Crippen LogP contribution in [-0.4, -0.2) is 28.8 Å². The van der Waals surface area contributed by atoms with Gasteiger partial charge >= 0.3 is 6.03 Å². The number of benzene rings is 2. The van der Waals surface area contributed by atoms with Crippen molar-refractivity contribution >= 4 is 23.6 Å². The number of anilines is 1. The van der Waals surface area contributed by atoms with Crippen LogP contribution >= 0.6 is 0 Å². The summed E-state index contributed by atoms with van der Waals surface area (Å²) in [6.07, 6.45) is 4.59. The third-order valence-corrected chi connectivity index (χ3v) is 5.14. The van der Waals surface area contributed by atoms with Gasteiger partial charge in [0.05, 0.1) is 11.7 Å². The molecule has 0 radical (unpaired) electrons. The van der Waals surface area contributed by atoms with Crippen LogP contribution in [0, 0.1) is 6.92 Å². The number of rotatable bonds is 3. The Bertz CT molecular complexity index is 1050. The number of urea groups is 1. The number of aliphatic imine (C=N–C) groups is 1. The summed E-state index contributed by atoms with van der Waals surface area (Å²) in [6, 6.07) is 14.2. The number of amides is 2. The summed E-state index contributed by atoms with van der Waals surface area (Å²) in [6.45, 7) is 2.57. The van der Waals surface area contributed by atoms with Crippen LogP contribution in [0.4, 0.5) is 16.2 Å². The van der Waals surface area contributed by atoms with Crippen LogP contribution in [0.5, 0.6) is 0 Å². The van der Waals surface area contributed by atoms with Gasteiger partial charge in [0.2, 0.25) is 0 Å². The molecule has 134 valence electrons. The number of aryl methyl sites for hydroxylation is 1. The number of imidazole rings is 1. The van der Waals surface area contributed by atoms with Crippen LogP contribution in [0.25, 0.3) is 11.4 Å². The van der Waals surface area contributed by atoms with Crippen LogP contribution < -0.4 is 10.2 Å². The van der Waals surface area contributed by atoms with Crippen molar-refractivity contribution < 1.29 is 4.79 Å². The molecule has 27 heavy (non-hydrogen) atoms. The van der Waals surface area contributed by atoms with Gasteiger partial charge in [-0.1, -0.05) is 30.3 Å². The smallest absolute Gasteiger partial charge is 0.322 e. The number of nitrogens with one attached hydrogen (secondary N) is 2. The van der Waals surface area contributed by atoms with E-state index in [0.29, 0.717) is 6.54 Å². The average molecular weight is 357 g/mol. The maximum absolute atomic E-state index is 12.5. The lowest BCUT2D eigenvalue weighted by molar-refractivity contribution is 0.251. The molecule has 1 unspecified atom stereocenters. The number of carbonyl (C=O) groups excluding carboxylic acids is 1. The average Bonchev–Trinajstić information content (AvgIpc) is 3.41. The first-order valence-electron chi connectivity index (χ1n) is 9.03. The highest BCUT2D eigenvalue weighted by Gasteiger charge is 2.33. The van der Waals surface area contributed by atoms with E-state index in [4.69, 9.17) is 0 Å². The summed E-state index contributed by atoms with van der Waals surface area (Å²) in [7, 11) is 0. The van der Waals surface area contributed by atoms with Gasteiger partial charge in [-0.05, 0) is 30.2 Å². The summed E-state index contributed by atoms with van der Waals surface area (Å²) < 4.78 is 0. The van der Waals surface area contributed by atoms with E-state index in [0.717, 1.165) is 40.4 Å². The SMILES string of the molecule is Cc1cnc(-c2ccc(C3CNC(=O)N3c3ccc4c(c3)N=CC4)cc2)[nH]1. The van der Waals surface area contributed by atoms with E-state index in [9.17, 15) is 4.79 Å². The van der Waals surface area contributed by atoms with Crippen LogP contribution in [0.3, 0.4) is 0 Å². The van der Waals surface area contributed by atoms with Crippen LogP contribution in [0.1, 0.15) is 22.9 Å². The molecule has 2 aliphatic heterocycles. The second kappa shape index (κ2) is 6.09. The fraction of sp³-hybridized carbons (Fsp3) is 0.190. The summed E-state index contributed by atoms with van der Waals surface area (Å²) >= 11 is 0. The highest BCUT2D eigenvalue weighted by molar-refractivity contribution is 5.96. The normalized spacial score (nSPS) is 18.0. The monoisotopic (exact) mass is 357 g/mol. The van der Waals surface area contributed by atoms with Gasteiger partial charge in [0.25, 0.3) is 0 Å². The Hall–Kier alpha value is -3.41. The van der Waals surface area contributed by atoms with Crippen molar-refractivity contribution in [3.63, 3.8) is 0 Å². The van der Waals surface area contributed by atoms with E-state index in [2.05, 4.69) is 38.5 Å². The molecule has 3 aromatic rings. The van der Waals surface area contributed by atoms with Crippen LogP contribution in [-0.2, 0) is 6.42 Å². The van der Waals surface area contributed by atoms with Gasteiger partial charge in [-0.25, -0.2) is 9.78 Å². The number of hydrogen-bond donors (Lipinski definition) is 2. The summed E-state index contributed by atoms with van der Waals surface area (Å²) in [5, 5.41) is 2.96. The lowest BCUT2D eigenvalue weighted by atomic mass is 10.0. The molecule has 1 aromatic heterocycles. The molecule has 6 nitrogen and oxygen atoms in total. The summed E-state index contributed by atoms with van der Waals surface area (Å²) in [4.78, 5) is 26.4. The van der Waals surface area contributed by atoms with Gasteiger partial charge in [0, 0.05) is 42.3 Å². The van der Waals surface area contributed by atoms with Gasteiger partial charge in [-0.15, -0.1) is 0 Å². The Morgan fingerprint density at radius 1 is 1.15 bits per heavy atom. The largest absolute Gasteiger partial charge is 0.342 e. The number of carbonyl (C=O) groups is 1. The number of fused-ring (bicyclic) bond motifs is 1. The molecule has 0 spiro atoms. The van der Waals surface area contributed by atoms with E-state index < -0.39 is 0 Å². The third kappa shape index (κ3) is 2.70. The standard InChI is InChI=1S/C21H19N5O/c1-13-11-23-20(25-13)16-4-2-15(3-5-16)19-12-24-21(27)26(19)17-7-6-14-8-9-22-18(14)10-17/h2-7,9-11,19H,8,12H2,1H3,(H,23,25)(H,24,27). The zero-order valence-corrected chi connectivity index (χ0v) is 14.9. The lowest BCUT2D eigenvalue weighted by Crippen LogP contribution is -2.29. The molecular weight excluding hydrogens is 338 g/mol. The van der Waals surface area contributed by atoms with Gasteiger partial charge in [0.1, 0.15) is 5.82 Å². The zero-order chi connectivity index (χ0) is 18.4. The molecule has 1 atom stereocenters. The predicted octanol–water partition coefficient (Wildman–Crippen LogP) is 3.91. The van der Waals surface area contributed by atoms with E-state index in [1.165, 1.54) is 5.56 Å². The van der Waals surface area contributed by atoms with Gasteiger partial charge in [0.15, 0.2) is 0 Å². The lowest BCUT2D eigenvalue weighted by Gasteiger charge is -2.24. The molecule has 0 aliphatic carbocycles. The van der Waals surface area contributed by atoms with E-state index in [1.54, 1.807) is 0 Å². The Morgan fingerprint density at radius 2 is 2.00 bits per heavy atom. The second-order valence-corrected chi connectivity index (χ2v) is 6.94. The number of aromatic amines is 1. The molecule has 2 aliphatic rings. The quantitative estimate of drug-likeness (QED) is 0.746. The van der Waals surface area contributed by atoms with Crippen molar-refractivity contribution in [3.8, 4) is 11.4 Å². The van der Waals surface area contributed by atoms with Gasteiger partial charge in [-0.3, -0.25) is 9.89 Å². The molecule has 1 saturated heterocycles. The molecular formula is C21H19N5O. The predicted molar refractivity (Wildman–Crippen MR) is 106 cm³/mol. The van der Waals surface area contributed by atoms with Crippen molar-refractivity contribution in [1.82, 2.24) is 15.3 Å². The first-order chi connectivity index (χ1) is 13.2. The molecule has 2 amide bonds. The molecule has 5 rings (SSSR count). The van der Waals surface area contributed by atoms with Gasteiger partial charge in [-0.2, -0.15) is 0 Å². The third-order valence-electron chi connectivity index (χ3n) is 5.14. The van der Waals surface area contributed by atoms with Crippen molar-refractivity contribution in [2.75, 3.05) is 11.4 Å².